The fraction of sp³-hybridized carbons (Fsp3) is 0.571. The second-order valence-corrected chi connectivity index (χ2v) is 6.30. The predicted molar refractivity (Wildman–Crippen MR) is 77.4 cm³/mol. The van der Waals surface area contributed by atoms with Gasteiger partial charge in [0.2, 0.25) is 0 Å². The molecule has 0 radical (unpaired) electrons. The van der Waals surface area contributed by atoms with Gasteiger partial charge in [-0.05, 0) is 32.0 Å². The van der Waals surface area contributed by atoms with E-state index in [4.69, 9.17) is 0 Å². The van der Waals surface area contributed by atoms with Crippen LogP contribution in [0.4, 0.5) is 5.69 Å². The van der Waals surface area contributed by atoms with Crippen molar-refractivity contribution in [1.29, 1.82) is 0 Å². The van der Waals surface area contributed by atoms with Crippen LogP contribution in [0, 0.1) is 13.8 Å². The van der Waals surface area contributed by atoms with Gasteiger partial charge in [0, 0.05) is 29.8 Å². The summed E-state index contributed by atoms with van der Waals surface area (Å²) in [6.45, 7) is 10.1. The van der Waals surface area contributed by atoms with Gasteiger partial charge in [-0.1, -0.05) is 19.1 Å². The summed E-state index contributed by atoms with van der Waals surface area (Å²) in [4.78, 5) is 4.02. The molecule has 2 nitrogen and oxygen atoms in total. The Hall–Kier alpha value is -0.670. The zero-order chi connectivity index (χ0) is 12.4. The van der Waals surface area contributed by atoms with E-state index in [1.54, 1.807) is 0 Å². The minimum absolute atomic E-state index is 0.680. The van der Waals surface area contributed by atoms with E-state index < -0.39 is 0 Å². The van der Waals surface area contributed by atoms with Crippen molar-refractivity contribution in [2.24, 2.45) is 0 Å². The molecular weight excluding hydrogens is 228 g/mol. The van der Waals surface area contributed by atoms with Crippen molar-refractivity contribution >= 4 is 17.4 Å². The molecule has 1 heterocycles. The van der Waals surface area contributed by atoms with Gasteiger partial charge >= 0.3 is 0 Å². The van der Waals surface area contributed by atoms with Crippen LogP contribution in [-0.2, 0) is 0 Å². The maximum atomic E-state index is 3.25. The van der Waals surface area contributed by atoms with E-state index in [0.29, 0.717) is 5.25 Å². The second kappa shape index (κ2) is 5.32. The van der Waals surface area contributed by atoms with Crippen LogP contribution >= 0.6 is 11.8 Å². The van der Waals surface area contributed by atoms with Gasteiger partial charge in [0.05, 0.1) is 5.69 Å². The molecule has 0 saturated heterocycles. The van der Waals surface area contributed by atoms with E-state index in [0.717, 1.165) is 19.6 Å². The Morgan fingerprint density at radius 1 is 1.35 bits per heavy atom. The summed E-state index contributed by atoms with van der Waals surface area (Å²) in [6.07, 6.45) is 0. The number of aryl methyl sites for hydroxylation is 2. The highest BCUT2D eigenvalue weighted by atomic mass is 32.2. The molecule has 0 aromatic heterocycles. The van der Waals surface area contributed by atoms with Crippen molar-refractivity contribution in [2.45, 2.75) is 30.9 Å². The summed E-state index contributed by atoms with van der Waals surface area (Å²) in [5, 5.41) is 3.93. The number of benzene rings is 1. The molecule has 1 aliphatic rings. The lowest BCUT2D eigenvalue weighted by molar-refractivity contribution is 0.701. The zero-order valence-electron chi connectivity index (χ0n) is 11.2. The molecular formula is C14H22N2S. The molecule has 1 unspecified atom stereocenters. The fourth-order valence-electron chi connectivity index (χ4n) is 2.40. The van der Waals surface area contributed by atoms with Crippen LogP contribution in [0.3, 0.4) is 0 Å². The maximum Gasteiger partial charge on any atom is 0.0537 e. The Kier molecular flexibility index (Phi) is 4.00. The molecule has 1 aromatic rings. The van der Waals surface area contributed by atoms with Crippen molar-refractivity contribution in [2.75, 3.05) is 31.6 Å². The number of thioether (sulfide) groups is 1. The molecule has 0 bridgehead atoms. The fourth-order valence-corrected chi connectivity index (χ4v) is 3.71. The molecule has 0 amide bonds. The summed E-state index contributed by atoms with van der Waals surface area (Å²) in [6, 6.07) is 4.49. The number of nitrogens with zero attached hydrogens (tertiary/aromatic N) is 1. The smallest absolute Gasteiger partial charge is 0.0537 e. The van der Waals surface area contributed by atoms with Crippen molar-refractivity contribution in [3.63, 3.8) is 0 Å². The van der Waals surface area contributed by atoms with Crippen LogP contribution in [-0.4, -0.2) is 31.9 Å². The third kappa shape index (κ3) is 2.61. The molecule has 3 heteroatoms. The summed E-state index contributed by atoms with van der Waals surface area (Å²) in [7, 11) is 2.02. The molecule has 0 spiro atoms. The Labute approximate surface area is 109 Å². The topological polar surface area (TPSA) is 15.3 Å². The van der Waals surface area contributed by atoms with Gasteiger partial charge in [-0.3, -0.25) is 0 Å². The minimum atomic E-state index is 0.680. The highest BCUT2D eigenvalue weighted by Gasteiger charge is 2.24. The Morgan fingerprint density at radius 2 is 2.06 bits per heavy atom. The number of anilines is 1. The third-order valence-electron chi connectivity index (χ3n) is 3.27. The second-order valence-electron chi connectivity index (χ2n) is 4.86. The number of fused-ring (bicyclic) bond motifs is 1. The molecule has 0 aliphatic carbocycles. The first-order chi connectivity index (χ1) is 8.13. The highest BCUT2D eigenvalue weighted by Crippen LogP contribution is 2.42. The first-order valence-corrected chi connectivity index (χ1v) is 7.18. The highest BCUT2D eigenvalue weighted by molar-refractivity contribution is 8.00. The molecule has 17 heavy (non-hydrogen) atoms. The first-order valence-electron chi connectivity index (χ1n) is 6.30. The van der Waals surface area contributed by atoms with Crippen molar-refractivity contribution in [1.82, 2.24) is 5.32 Å². The van der Waals surface area contributed by atoms with Crippen LogP contribution in [0.25, 0.3) is 0 Å². The molecule has 1 aliphatic heterocycles. The summed E-state index contributed by atoms with van der Waals surface area (Å²) in [5.41, 5.74) is 4.28. The number of hydrogen-bond acceptors (Lipinski definition) is 3. The number of nitrogens with one attached hydrogen (secondary N) is 1. The minimum Gasteiger partial charge on any atom is -0.368 e. The van der Waals surface area contributed by atoms with Crippen LogP contribution < -0.4 is 10.2 Å². The molecule has 0 fully saturated rings. The Bertz CT molecular complexity index is 403. The van der Waals surface area contributed by atoms with Crippen LogP contribution in [0.5, 0.6) is 0 Å². The molecule has 1 N–H and O–H groups in total. The van der Waals surface area contributed by atoms with Gasteiger partial charge in [-0.15, -0.1) is 11.8 Å². The van der Waals surface area contributed by atoms with Gasteiger partial charge in [0.25, 0.3) is 0 Å². The van der Waals surface area contributed by atoms with Crippen LogP contribution in [0.2, 0.25) is 0 Å². The lowest BCUT2D eigenvalue weighted by Crippen LogP contribution is -2.38. The average Bonchev–Trinajstić information content (AvgIpc) is 2.30. The van der Waals surface area contributed by atoms with E-state index in [1.807, 2.05) is 18.8 Å². The normalized spacial score (nSPS) is 19.3. The number of likely N-dealkylation sites (N-methyl/N-ethyl adjacent to an activating group) is 1. The number of hydrogen-bond donors (Lipinski definition) is 1. The Balaban J connectivity index is 2.37. The first kappa shape index (κ1) is 12.8. The van der Waals surface area contributed by atoms with E-state index in [2.05, 4.69) is 43.1 Å². The molecule has 94 valence electrons. The monoisotopic (exact) mass is 250 g/mol. The largest absolute Gasteiger partial charge is 0.368 e. The van der Waals surface area contributed by atoms with Gasteiger partial charge in [-0.2, -0.15) is 0 Å². The Morgan fingerprint density at radius 3 is 2.76 bits per heavy atom. The van der Waals surface area contributed by atoms with E-state index in [-0.39, 0.29) is 0 Å². The summed E-state index contributed by atoms with van der Waals surface area (Å²) in [5.74, 6) is 0. The molecule has 2 rings (SSSR count). The molecule has 1 atom stereocenters. The lowest BCUT2D eigenvalue weighted by Gasteiger charge is -2.36. The van der Waals surface area contributed by atoms with Crippen molar-refractivity contribution in [3.8, 4) is 0 Å². The van der Waals surface area contributed by atoms with Crippen molar-refractivity contribution in [3.05, 3.63) is 23.3 Å². The molecule has 1 aromatic carbocycles. The SMILES string of the molecule is CNCCN1CC(C)Sc2c(C)ccc(C)c21. The summed E-state index contributed by atoms with van der Waals surface area (Å²) >= 11 is 2.03. The van der Waals surface area contributed by atoms with Crippen LogP contribution in [0.15, 0.2) is 17.0 Å². The standard InChI is InChI=1S/C14H22N2S/c1-10-5-6-11(2)14-13(10)16(8-7-15-4)9-12(3)17-14/h5-6,12,15H,7-9H2,1-4H3. The van der Waals surface area contributed by atoms with Crippen LogP contribution in [0.1, 0.15) is 18.1 Å². The van der Waals surface area contributed by atoms with E-state index in [9.17, 15) is 0 Å². The predicted octanol–water partition coefficient (Wildman–Crippen LogP) is 2.82. The number of rotatable bonds is 3. The van der Waals surface area contributed by atoms with Gasteiger partial charge in [0.1, 0.15) is 0 Å². The van der Waals surface area contributed by atoms with Gasteiger partial charge in [0.15, 0.2) is 0 Å². The zero-order valence-corrected chi connectivity index (χ0v) is 12.0. The average molecular weight is 250 g/mol. The van der Waals surface area contributed by atoms with Crippen molar-refractivity contribution < 1.29 is 0 Å². The molecule has 0 saturated carbocycles. The lowest BCUT2D eigenvalue weighted by atomic mass is 10.1. The third-order valence-corrected chi connectivity index (χ3v) is 4.58. The summed E-state index contributed by atoms with van der Waals surface area (Å²) < 4.78 is 0. The quantitative estimate of drug-likeness (QED) is 0.888. The maximum absolute atomic E-state index is 3.25. The van der Waals surface area contributed by atoms with E-state index in [1.165, 1.54) is 21.7 Å². The van der Waals surface area contributed by atoms with Gasteiger partial charge < -0.3 is 10.2 Å². The van der Waals surface area contributed by atoms with E-state index >= 15 is 0 Å². The van der Waals surface area contributed by atoms with Gasteiger partial charge in [-0.25, -0.2) is 0 Å².